The van der Waals surface area contributed by atoms with Crippen molar-refractivity contribution in [2.24, 2.45) is 5.92 Å². The highest BCUT2D eigenvalue weighted by Crippen LogP contribution is 2.47. The first kappa shape index (κ1) is 15.1. The Morgan fingerprint density at radius 2 is 1.83 bits per heavy atom. The average Bonchev–Trinajstić information content (AvgIpc) is 3.16. The molecule has 0 N–H and O–H groups in total. The highest BCUT2D eigenvalue weighted by Gasteiger charge is 2.63. The minimum Gasteiger partial charge on any atom is -0.372 e. The molecule has 24 heavy (non-hydrogen) atoms. The molecule has 6 heteroatoms. The monoisotopic (exact) mass is 333 g/mol. The van der Waals surface area contributed by atoms with E-state index in [2.05, 4.69) is 19.1 Å². The first-order chi connectivity index (χ1) is 11.5. The summed E-state index contributed by atoms with van der Waals surface area (Å²) in [6.45, 7) is 6.56. The number of benzene rings is 1. The van der Waals surface area contributed by atoms with Crippen LogP contribution in [0.5, 0.6) is 0 Å². The molecule has 0 bridgehead atoms. The Bertz CT molecular complexity index is 623. The van der Waals surface area contributed by atoms with Gasteiger partial charge in [0.2, 0.25) is 0 Å². The molecule has 4 saturated heterocycles. The average molecular weight is 333 g/mol. The Labute approximate surface area is 141 Å². The van der Waals surface area contributed by atoms with Crippen LogP contribution in [0.4, 0.5) is 5.69 Å². The fourth-order valence-corrected chi connectivity index (χ4v) is 4.39. The van der Waals surface area contributed by atoms with Crippen LogP contribution in [0.15, 0.2) is 30.3 Å². The van der Waals surface area contributed by atoms with E-state index < -0.39 is 5.79 Å². The summed E-state index contributed by atoms with van der Waals surface area (Å²) >= 11 is 0. The summed E-state index contributed by atoms with van der Waals surface area (Å²) in [5.41, 5.74) is 1.04. The van der Waals surface area contributed by atoms with E-state index in [0.717, 1.165) is 5.69 Å². The van der Waals surface area contributed by atoms with Crippen LogP contribution in [0, 0.1) is 5.92 Å². The number of nitrogens with zero attached hydrogens (tertiary/aromatic N) is 1. The molecular weight excluding hydrogens is 310 g/mol. The van der Waals surface area contributed by atoms with Crippen molar-refractivity contribution in [3.8, 4) is 0 Å². The number of hydrogen-bond donors (Lipinski definition) is 0. The second-order valence-corrected chi connectivity index (χ2v) is 7.49. The number of rotatable bonds is 1. The van der Waals surface area contributed by atoms with Gasteiger partial charge >= 0.3 is 0 Å². The van der Waals surface area contributed by atoms with Crippen LogP contribution in [-0.2, 0) is 23.8 Å². The van der Waals surface area contributed by atoms with Crippen molar-refractivity contribution >= 4 is 5.69 Å². The van der Waals surface area contributed by atoms with Crippen LogP contribution >= 0.6 is 0 Å². The molecule has 0 aliphatic carbocycles. The van der Waals surface area contributed by atoms with Crippen molar-refractivity contribution < 1.29 is 23.8 Å². The molecule has 1 aromatic carbocycles. The third-order valence-electron chi connectivity index (χ3n) is 5.45. The van der Waals surface area contributed by atoms with E-state index in [1.54, 1.807) is 0 Å². The predicted octanol–water partition coefficient (Wildman–Crippen LogP) is 2.09. The van der Waals surface area contributed by atoms with Gasteiger partial charge in [0, 0.05) is 5.92 Å². The van der Waals surface area contributed by atoms with Crippen molar-refractivity contribution in [3.05, 3.63) is 30.3 Å². The normalized spacial score (nSPS) is 45.8. The van der Waals surface area contributed by atoms with Gasteiger partial charge in [-0.25, -0.2) is 5.06 Å². The molecule has 0 aromatic heterocycles. The van der Waals surface area contributed by atoms with Gasteiger partial charge in [-0.1, -0.05) is 18.2 Å². The lowest BCUT2D eigenvalue weighted by atomic mass is 9.86. The molecule has 4 heterocycles. The maximum atomic E-state index is 6.25. The molecule has 0 radical (unpaired) electrons. The predicted molar refractivity (Wildman–Crippen MR) is 85.2 cm³/mol. The highest BCUT2D eigenvalue weighted by molar-refractivity contribution is 5.46. The minimum absolute atomic E-state index is 0.0819. The van der Waals surface area contributed by atoms with E-state index in [0.29, 0.717) is 6.61 Å². The summed E-state index contributed by atoms with van der Waals surface area (Å²) in [5.74, 6) is -0.364. The van der Waals surface area contributed by atoms with Crippen LogP contribution in [0.3, 0.4) is 0 Å². The van der Waals surface area contributed by atoms with Crippen LogP contribution in [0.1, 0.15) is 20.8 Å². The molecule has 1 aromatic rings. The number of para-hydroxylation sites is 1. The highest BCUT2D eigenvalue weighted by atomic mass is 16.8. The minimum atomic E-state index is -0.626. The van der Waals surface area contributed by atoms with E-state index in [9.17, 15) is 0 Å². The van der Waals surface area contributed by atoms with E-state index in [1.807, 2.05) is 37.1 Å². The van der Waals surface area contributed by atoms with Crippen molar-refractivity contribution in [1.82, 2.24) is 0 Å². The van der Waals surface area contributed by atoms with Gasteiger partial charge in [-0.3, -0.25) is 4.84 Å². The topological polar surface area (TPSA) is 49.4 Å². The SMILES string of the molecule is CC1ON(c2ccccc2)C2C1CO[C@@H]1[C@H]3OC(C)(C)O[C@H]3O[C@H]21. The molecule has 0 saturated carbocycles. The largest absolute Gasteiger partial charge is 0.372 e. The molecule has 4 aliphatic heterocycles. The van der Waals surface area contributed by atoms with Gasteiger partial charge in [0.05, 0.1) is 24.4 Å². The first-order valence-corrected chi connectivity index (χ1v) is 8.67. The van der Waals surface area contributed by atoms with Gasteiger partial charge in [0.25, 0.3) is 0 Å². The van der Waals surface area contributed by atoms with Crippen molar-refractivity contribution in [3.63, 3.8) is 0 Å². The molecule has 7 atom stereocenters. The van der Waals surface area contributed by atoms with E-state index in [4.69, 9.17) is 23.8 Å². The summed E-state index contributed by atoms with van der Waals surface area (Å²) < 4.78 is 24.3. The summed E-state index contributed by atoms with van der Waals surface area (Å²) in [7, 11) is 0. The Balaban J connectivity index is 1.46. The standard InChI is InChI=1S/C18H23NO5/c1-10-12-9-20-15-14(21-17-16(15)22-18(2,3)23-17)13(12)19(24-10)11-7-5-4-6-8-11/h4-8,10,12-17H,9H2,1-3H3/t10?,12?,13?,14-,15+,16-,17-/m1/s1. The molecule has 4 fully saturated rings. The van der Waals surface area contributed by atoms with Gasteiger partial charge in [0.1, 0.15) is 18.3 Å². The third kappa shape index (κ3) is 2.14. The van der Waals surface area contributed by atoms with Crippen molar-refractivity contribution in [2.75, 3.05) is 11.7 Å². The third-order valence-corrected chi connectivity index (χ3v) is 5.45. The molecule has 4 aliphatic rings. The zero-order valence-electron chi connectivity index (χ0n) is 14.1. The van der Waals surface area contributed by atoms with Crippen LogP contribution in [0.2, 0.25) is 0 Å². The number of fused-ring (bicyclic) bond motifs is 5. The summed E-state index contributed by atoms with van der Waals surface area (Å²) in [4.78, 5) is 6.16. The summed E-state index contributed by atoms with van der Waals surface area (Å²) in [6.07, 6.45) is -0.724. The lowest BCUT2D eigenvalue weighted by molar-refractivity contribution is -0.230. The maximum absolute atomic E-state index is 6.25. The molecule has 6 nitrogen and oxygen atoms in total. The van der Waals surface area contributed by atoms with E-state index >= 15 is 0 Å². The van der Waals surface area contributed by atoms with Gasteiger partial charge in [-0.05, 0) is 32.9 Å². The quantitative estimate of drug-likeness (QED) is 0.784. The molecule has 130 valence electrons. The number of ether oxygens (including phenoxy) is 4. The van der Waals surface area contributed by atoms with E-state index in [-0.39, 0.29) is 42.7 Å². The second kappa shape index (κ2) is 5.16. The van der Waals surface area contributed by atoms with Gasteiger partial charge in [0.15, 0.2) is 12.1 Å². The Morgan fingerprint density at radius 3 is 2.62 bits per heavy atom. The Morgan fingerprint density at radius 1 is 1.04 bits per heavy atom. The van der Waals surface area contributed by atoms with Crippen molar-refractivity contribution in [1.29, 1.82) is 0 Å². The van der Waals surface area contributed by atoms with Crippen molar-refractivity contribution in [2.45, 2.75) is 63.3 Å². The molecule has 3 unspecified atom stereocenters. The Kier molecular flexibility index (Phi) is 3.25. The van der Waals surface area contributed by atoms with Crippen LogP contribution in [-0.4, -0.2) is 49.1 Å². The molecule has 0 amide bonds. The number of anilines is 1. The molecule has 0 spiro atoms. The maximum Gasteiger partial charge on any atom is 0.190 e. The summed E-state index contributed by atoms with van der Waals surface area (Å²) in [6, 6.07) is 10.3. The fraction of sp³-hybridized carbons (Fsp3) is 0.667. The molecular formula is C18H23NO5. The van der Waals surface area contributed by atoms with E-state index in [1.165, 1.54) is 0 Å². The van der Waals surface area contributed by atoms with Crippen LogP contribution < -0.4 is 5.06 Å². The molecule has 5 rings (SSSR count). The van der Waals surface area contributed by atoms with Crippen LogP contribution in [0.25, 0.3) is 0 Å². The fourth-order valence-electron chi connectivity index (χ4n) is 4.39. The van der Waals surface area contributed by atoms with Gasteiger partial charge < -0.3 is 18.9 Å². The smallest absolute Gasteiger partial charge is 0.190 e. The lowest BCUT2D eigenvalue weighted by Crippen LogP contribution is -2.55. The van der Waals surface area contributed by atoms with Gasteiger partial charge in [-0.2, -0.15) is 0 Å². The number of hydrogen-bond acceptors (Lipinski definition) is 6. The Hall–Kier alpha value is -1.18. The number of hydroxylamine groups is 1. The zero-order chi connectivity index (χ0) is 16.5. The summed E-state index contributed by atoms with van der Waals surface area (Å²) in [5, 5.41) is 2.00. The van der Waals surface area contributed by atoms with Gasteiger partial charge in [-0.15, -0.1) is 0 Å². The lowest BCUT2D eigenvalue weighted by Gasteiger charge is -2.39. The zero-order valence-corrected chi connectivity index (χ0v) is 14.1. The first-order valence-electron chi connectivity index (χ1n) is 8.67. The second-order valence-electron chi connectivity index (χ2n) is 7.49.